The van der Waals surface area contributed by atoms with E-state index >= 15 is 0 Å². The molecule has 2 N–H and O–H groups in total. The van der Waals surface area contributed by atoms with Gasteiger partial charge < -0.3 is 24.8 Å². The number of benzene rings is 2. The number of fused-ring (bicyclic) bond motifs is 1. The van der Waals surface area contributed by atoms with E-state index in [0.717, 1.165) is 22.9 Å². The van der Waals surface area contributed by atoms with Crippen LogP contribution in [0.15, 0.2) is 42.5 Å². The van der Waals surface area contributed by atoms with Gasteiger partial charge in [-0.05, 0) is 43.4 Å². The largest absolute Gasteiger partial charge is 0.492 e. The van der Waals surface area contributed by atoms with Crippen molar-refractivity contribution in [2.45, 2.75) is 6.92 Å². The van der Waals surface area contributed by atoms with Gasteiger partial charge in [0.15, 0.2) is 16.6 Å². The van der Waals surface area contributed by atoms with Gasteiger partial charge in [0.05, 0.1) is 6.54 Å². The van der Waals surface area contributed by atoms with Crippen LogP contribution in [0.1, 0.15) is 5.56 Å². The molecule has 0 spiro atoms. The average molecular weight is 344 g/mol. The van der Waals surface area contributed by atoms with Crippen molar-refractivity contribution >= 4 is 23.0 Å². The first-order chi connectivity index (χ1) is 11.7. The van der Waals surface area contributed by atoms with E-state index < -0.39 is 0 Å². The fourth-order valence-corrected chi connectivity index (χ4v) is 2.48. The molecule has 2 aromatic rings. The average Bonchev–Trinajstić information content (AvgIpc) is 2.60. The highest BCUT2D eigenvalue weighted by Gasteiger charge is 2.11. The van der Waals surface area contributed by atoms with Gasteiger partial charge in [-0.25, -0.2) is 0 Å². The van der Waals surface area contributed by atoms with Gasteiger partial charge in [-0.1, -0.05) is 17.7 Å². The van der Waals surface area contributed by atoms with E-state index in [2.05, 4.69) is 10.6 Å². The van der Waals surface area contributed by atoms with E-state index in [-0.39, 0.29) is 0 Å². The highest BCUT2D eigenvalue weighted by molar-refractivity contribution is 7.80. The Balaban J connectivity index is 1.41. The fourth-order valence-electron chi connectivity index (χ4n) is 2.26. The summed E-state index contributed by atoms with van der Waals surface area (Å²) in [5.74, 6) is 2.35. The van der Waals surface area contributed by atoms with Crippen LogP contribution in [0.2, 0.25) is 0 Å². The van der Waals surface area contributed by atoms with E-state index in [1.54, 1.807) is 0 Å². The molecule has 2 aromatic carbocycles. The maximum absolute atomic E-state index is 5.65. The first-order valence-electron chi connectivity index (χ1n) is 7.85. The van der Waals surface area contributed by atoms with E-state index in [9.17, 15) is 0 Å². The fraction of sp³-hybridized carbons (Fsp3) is 0.278. The summed E-state index contributed by atoms with van der Waals surface area (Å²) in [6.07, 6.45) is 0. The number of aryl methyl sites for hydroxylation is 1. The van der Waals surface area contributed by atoms with Gasteiger partial charge in [0.1, 0.15) is 25.6 Å². The van der Waals surface area contributed by atoms with Crippen molar-refractivity contribution in [1.82, 2.24) is 5.32 Å². The number of rotatable bonds is 5. The SMILES string of the molecule is Cc1ccc(OCCNC(=S)Nc2ccc3c(c2)OCCO3)cc1. The Morgan fingerprint density at radius 1 is 1.08 bits per heavy atom. The molecule has 0 aromatic heterocycles. The third-order valence-electron chi connectivity index (χ3n) is 3.48. The first-order valence-corrected chi connectivity index (χ1v) is 8.25. The van der Waals surface area contributed by atoms with Gasteiger partial charge in [-0.3, -0.25) is 0 Å². The highest BCUT2D eigenvalue weighted by Crippen LogP contribution is 2.32. The Labute approximate surface area is 146 Å². The number of nitrogens with one attached hydrogen (secondary N) is 2. The summed E-state index contributed by atoms with van der Waals surface area (Å²) in [6.45, 7) is 4.35. The van der Waals surface area contributed by atoms with Crippen LogP contribution in [0.25, 0.3) is 0 Å². The summed E-state index contributed by atoms with van der Waals surface area (Å²) in [7, 11) is 0. The van der Waals surface area contributed by atoms with Gasteiger partial charge in [-0.15, -0.1) is 0 Å². The Bertz CT molecular complexity index is 704. The summed E-state index contributed by atoms with van der Waals surface area (Å²) >= 11 is 5.29. The minimum absolute atomic E-state index is 0.534. The summed E-state index contributed by atoms with van der Waals surface area (Å²) in [4.78, 5) is 0. The van der Waals surface area contributed by atoms with Gasteiger partial charge in [0.25, 0.3) is 0 Å². The minimum Gasteiger partial charge on any atom is -0.492 e. The Morgan fingerprint density at radius 3 is 2.62 bits per heavy atom. The zero-order valence-corrected chi connectivity index (χ0v) is 14.3. The van der Waals surface area contributed by atoms with Crippen LogP contribution < -0.4 is 24.8 Å². The summed E-state index contributed by atoms with van der Waals surface area (Å²) in [5.41, 5.74) is 2.07. The van der Waals surface area contributed by atoms with E-state index in [1.165, 1.54) is 5.56 Å². The highest BCUT2D eigenvalue weighted by atomic mass is 32.1. The molecule has 24 heavy (non-hydrogen) atoms. The molecule has 0 unspecified atom stereocenters. The summed E-state index contributed by atoms with van der Waals surface area (Å²) < 4.78 is 16.7. The second-order valence-corrected chi connectivity index (χ2v) is 5.81. The van der Waals surface area contributed by atoms with E-state index in [0.29, 0.717) is 31.5 Å². The molecular weight excluding hydrogens is 324 g/mol. The molecule has 3 rings (SSSR count). The summed E-state index contributed by atoms with van der Waals surface area (Å²) in [6, 6.07) is 13.6. The molecule has 0 bridgehead atoms. The lowest BCUT2D eigenvalue weighted by Gasteiger charge is -2.19. The Kier molecular flexibility index (Phi) is 5.38. The smallest absolute Gasteiger partial charge is 0.170 e. The van der Waals surface area contributed by atoms with Gasteiger partial charge in [0, 0.05) is 11.8 Å². The van der Waals surface area contributed by atoms with Crippen molar-refractivity contribution < 1.29 is 14.2 Å². The van der Waals surface area contributed by atoms with Crippen LogP contribution in [0.5, 0.6) is 17.2 Å². The van der Waals surface area contributed by atoms with Gasteiger partial charge >= 0.3 is 0 Å². The number of ether oxygens (including phenoxy) is 3. The van der Waals surface area contributed by atoms with Crippen LogP contribution in [0.4, 0.5) is 5.69 Å². The van der Waals surface area contributed by atoms with Crippen molar-refractivity contribution in [1.29, 1.82) is 0 Å². The predicted octanol–water partition coefficient (Wildman–Crippen LogP) is 3.13. The number of anilines is 1. The summed E-state index contributed by atoms with van der Waals surface area (Å²) in [5, 5.41) is 6.78. The number of hydrogen-bond donors (Lipinski definition) is 2. The molecule has 0 radical (unpaired) electrons. The molecule has 126 valence electrons. The zero-order chi connectivity index (χ0) is 16.8. The van der Waals surface area contributed by atoms with Crippen molar-refractivity contribution in [2.24, 2.45) is 0 Å². The molecule has 1 aliphatic rings. The third kappa shape index (κ3) is 4.52. The van der Waals surface area contributed by atoms with Crippen LogP contribution in [0, 0.1) is 6.92 Å². The molecule has 0 aliphatic carbocycles. The quantitative estimate of drug-likeness (QED) is 0.642. The van der Waals surface area contributed by atoms with Crippen LogP contribution in [-0.4, -0.2) is 31.5 Å². The molecule has 0 atom stereocenters. The number of thiocarbonyl (C=S) groups is 1. The maximum Gasteiger partial charge on any atom is 0.170 e. The van der Waals surface area contributed by atoms with E-state index in [4.69, 9.17) is 26.4 Å². The molecule has 0 fully saturated rings. The Hall–Kier alpha value is -2.47. The molecule has 1 heterocycles. The van der Waals surface area contributed by atoms with Crippen LogP contribution in [0.3, 0.4) is 0 Å². The lowest BCUT2D eigenvalue weighted by molar-refractivity contribution is 0.171. The predicted molar refractivity (Wildman–Crippen MR) is 98.3 cm³/mol. The van der Waals surface area contributed by atoms with E-state index in [1.807, 2.05) is 49.4 Å². The standard InChI is InChI=1S/C18H20N2O3S/c1-13-2-5-15(6-3-13)21-9-8-19-18(24)20-14-4-7-16-17(12-14)23-11-10-22-16/h2-7,12H,8-11H2,1H3,(H2,19,20,24). The third-order valence-corrected chi connectivity index (χ3v) is 3.72. The Morgan fingerprint density at radius 2 is 1.83 bits per heavy atom. The van der Waals surface area contributed by atoms with Crippen molar-refractivity contribution in [2.75, 3.05) is 31.7 Å². The minimum atomic E-state index is 0.534. The maximum atomic E-state index is 5.65. The zero-order valence-electron chi connectivity index (χ0n) is 13.5. The molecule has 6 heteroatoms. The lowest BCUT2D eigenvalue weighted by atomic mass is 10.2. The lowest BCUT2D eigenvalue weighted by Crippen LogP contribution is -2.32. The van der Waals surface area contributed by atoms with Crippen molar-refractivity contribution in [3.63, 3.8) is 0 Å². The first kappa shape index (κ1) is 16.4. The molecule has 5 nitrogen and oxygen atoms in total. The molecule has 0 amide bonds. The topological polar surface area (TPSA) is 51.8 Å². The van der Waals surface area contributed by atoms with Crippen LogP contribution in [-0.2, 0) is 0 Å². The second kappa shape index (κ2) is 7.88. The number of hydrogen-bond acceptors (Lipinski definition) is 4. The van der Waals surface area contributed by atoms with Gasteiger partial charge in [0.2, 0.25) is 0 Å². The molecule has 1 aliphatic heterocycles. The normalized spacial score (nSPS) is 12.4. The van der Waals surface area contributed by atoms with Crippen molar-refractivity contribution in [3.8, 4) is 17.2 Å². The van der Waals surface area contributed by atoms with Gasteiger partial charge in [-0.2, -0.15) is 0 Å². The van der Waals surface area contributed by atoms with Crippen molar-refractivity contribution in [3.05, 3.63) is 48.0 Å². The van der Waals surface area contributed by atoms with Crippen LogP contribution >= 0.6 is 12.2 Å². The molecule has 0 saturated carbocycles. The second-order valence-electron chi connectivity index (χ2n) is 5.40. The molecule has 0 saturated heterocycles. The molecular formula is C18H20N2O3S. The monoisotopic (exact) mass is 344 g/mol.